The summed E-state index contributed by atoms with van der Waals surface area (Å²) in [6, 6.07) is 5.55. The Bertz CT molecular complexity index is 610. The summed E-state index contributed by atoms with van der Waals surface area (Å²) in [6.45, 7) is 2.06. The van der Waals surface area contributed by atoms with E-state index in [0.29, 0.717) is 5.56 Å². The minimum Gasteiger partial charge on any atom is -0.455 e. The summed E-state index contributed by atoms with van der Waals surface area (Å²) in [7, 11) is 0. The first-order chi connectivity index (χ1) is 11.1. The van der Waals surface area contributed by atoms with Crippen molar-refractivity contribution in [3.05, 3.63) is 29.3 Å². The summed E-state index contributed by atoms with van der Waals surface area (Å²) in [5.41, 5.74) is 8.21. The number of carbonyl (C=O) groups excluding carboxylic acids is 1. The summed E-state index contributed by atoms with van der Waals surface area (Å²) in [5, 5.41) is 0. The van der Waals surface area contributed by atoms with E-state index in [1.807, 2.05) is 18.2 Å². The van der Waals surface area contributed by atoms with Gasteiger partial charge in [-0.05, 0) is 92.9 Å². The molecule has 0 heterocycles. The van der Waals surface area contributed by atoms with E-state index in [-0.39, 0.29) is 11.6 Å². The first-order valence-corrected chi connectivity index (χ1v) is 9.18. The third-order valence-corrected chi connectivity index (χ3v) is 6.40. The molecule has 124 valence electrons. The molecule has 1 aromatic carbocycles. The predicted octanol–water partition coefficient (Wildman–Crippen LogP) is 4.35. The Morgan fingerprint density at radius 3 is 2.61 bits per heavy atom. The maximum absolute atomic E-state index is 12.8. The van der Waals surface area contributed by atoms with Crippen molar-refractivity contribution in [1.82, 2.24) is 0 Å². The molecule has 4 bridgehead atoms. The van der Waals surface area contributed by atoms with E-state index in [4.69, 9.17) is 10.5 Å². The Morgan fingerprint density at radius 1 is 1.22 bits per heavy atom. The van der Waals surface area contributed by atoms with Crippen molar-refractivity contribution in [1.29, 1.82) is 0 Å². The molecule has 0 aliphatic heterocycles. The van der Waals surface area contributed by atoms with Crippen LogP contribution < -0.4 is 5.73 Å². The van der Waals surface area contributed by atoms with E-state index in [0.717, 1.165) is 54.7 Å². The second-order valence-corrected chi connectivity index (χ2v) is 8.09. The lowest BCUT2D eigenvalue weighted by Gasteiger charge is -2.44. The van der Waals surface area contributed by atoms with Crippen molar-refractivity contribution in [2.45, 2.75) is 63.9 Å². The number of hydrogen-bond donors (Lipinski definition) is 1. The van der Waals surface area contributed by atoms with Gasteiger partial charge in [-0.3, -0.25) is 0 Å². The fraction of sp³-hybridized carbons (Fsp3) is 0.650. The summed E-state index contributed by atoms with van der Waals surface area (Å²) in [4.78, 5) is 12.8. The number of ether oxygens (including phenoxy) is 1. The third kappa shape index (κ3) is 2.75. The van der Waals surface area contributed by atoms with Gasteiger partial charge in [-0.1, -0.05) is 6.92 Å². The van der Waals surface area contributed by atoms with Gasteiger partial charge < -0.3 is 10.5 Å². The van der Waals surface area contributed by atoms with Gasteiger partial charge in [0.05, 0.1) is 5.56 Å². The largest absolute Gasteiger partial charge is 0.455 e. The summed E-state index contributed by atoms with van der Waals surface area (Å²) >= 11 is 0. The van der Waals surface area contributed by atoms with Gasteiger partial charge in [0.15, 0.2) is 0 Å². The number of hydrogen-bond acceptors (Lipinski definition) is 3. The summed E-state index contributed by atoms with van der Waals surface area (Å²) in [6.07, 6.45) is 9.38. The van der Waals surface area contributed by atoms with Crippen molar-refractivity contribution in [3.63, 3.8) is 0 Å². The Balaban J connectivity index is 1.56. The number of fused-ring (bicyclic) bond motifs is 1. The fourth-order valence-electron chi connectivity index (χ4n) is 5.51. The fourth-order valence-corrected chi connectivity index (χ4v) is 5.51. The topological polar surface area (TPSA) is 52.3 Å². The van der Waals surface area contributed by atoms with Crippen LogP contribution in [0, 0.1) is 17.8 Å². The Labute approximate surface area is 138 Å². The van der Waals surface area contributed by atoms with E-state index in [2.05, 4.69) is 6.92 Å². The van der Waals surface area contributed by atoms with E-state index in [9.17, 15) is 4.79 Å². The van der Waals surface area contributed by atoms with Crippen LogP contribution in [0.25, 0.3) is 0 Å². The van der Waals surface area contributed by atoms with E-state index in [1.165, 1.54) is 25.7 Å². The predicted molar refractivity (Wildman–Crippen MR) is 91.2 cm³/mol. The maximum Gasteiger partial charge on any atom is 0.338 e. The van der Waals surface area contributed by atoms with E-state index in [1.54, 1.807) is 0 Å². The van der Waals surface area contributed by atoms with Gasteiger partial charge in [0.2, 0.25) is 0 Å². The quantitative estimate of drug-likeness (QED) is 0.667. The van der Waals surface area contributed by atoms with Crippen LogP contribution in [0.2, 0.25) is 0 Å². The molecule has 4 saturated carbocycles. The molecular weight excluding hydrogens is 286 g/mol. The number of rotatable bonds is 3. The lowest BCUT2D eigenvalue weighted by molar-refractivity contribution is -0.0650. The van der Waals surface area contributed by atoms with Gasteiger partial charge in [0, 0.05) is 5.69 Å². The minimum absolute atomic E-state index is 0.153. The molecule has 0 aromatic heterocycles. The normalized spacial score (nSPS) is 35.1. The van der Waals surface area contributed by atoms with Crippen molar-refractivity contribution in [3.8, 4) is 0 Å². The second-order valence-electron chi connectivity index (χ2n) is 8.09. The summed E-state index contributed by atoms with van der Waals surface area (Å²) in [5.74, 6) is 2.28. The Morgan fingerprint density at radius 2 is 1.91 bits per heavy atom. The van der Waals surface area contributed by atoms with Crippen molar-refractivity contribution >= 4 is 11.7 Å². The van der Waals surface area contributed by atoms with Crippen LogP contribution in [-0.4, -0.2) is 11.6 Å². The molecule has 5 rings (SSSR count). The molecule has 2 atom stereocenters. The number of aryl methyl sites for hydroxylation is 1. The molecule has 4 aliphatic carbocycles. The highest BCUT2D eigenvalue weighted by Crippen LogP contribution is 2.54. The molecule has 1 aromatic rings. The lowest BCUT2D eigenvalue weighted by atomic mass is 9.66. The number of nitrogen functional groups attached to an aromatic ring is 1. The molecule has 4 fully saturated rings. The monoisotopic (exact) mass is 313 g/mol. The summed E-state index contributed by atoms with van der Waals surface area (Å²) < 4.78 is 6.17. The lowest BCUT2D eigenvalue weighted by Crippen LogP contribution is -2.42. The zero-order chi connectivity index (χ0) is 16.0. The zero-order valence-electron chi connectivity index (χ0n) is 14.0. The Kier molecular flexibility index (Phi) is 3.62. The van der Waals surface area contributed by atoms with Crippen molar-refractivity contribution in [2.24, 2.45) is 17.8 Å². The van der Waals surface area contributed by atoms with Crippen LogP contribution in [0.3, 0.4) is 0 Å². The molecule has 0 amide bonds. The van der Waals surface area contributed by atoms with Crippen LogP contribution in [0.1, 0.15) is 67.8 Å². The molecule has 2 unspecified atom stereocenters. The molecular formula is C20H27NO2. The van der Waals surface area contributed by atoms with Gasteiger partial charge in [0.1, 0.15) is 5.60 Å². The molecule has 3 heteroatoms. The highest BCUT2D eigenvalue weighted by Gasteiger charge is 2.49. The number of esters is 1. The zero-order valence-corrected chi connectivity index (χ0v) is 14.0. The van der Waals surface area contributed by atoms with Gasteiger partial charge in [-0.15, -0.1) is 0 Å². The maximum atomic E-state index is 12.8. The molecule has 0 saturated heterocycles. The van der Waals surface area contributed by atoms with Crippen LogP contribution >= 0.6 is 0 Å². The van der Waals surface area contributed by atoms with Crippen molar-refractivity contribution < 1.29 is 9.53 Å². The van der Waals surface area contributed by atoms with E-state index < -0.39 is 0 Å². The number of anilines is 1. The molecule has 3 nitrogen and oxygen atoms in total. The molecule has 2 N–H and O–H groups in total. The molecule has 23 heavy (non-hydrogen) atoms. The second kappa shape index (κ2) is 5.54. The third-order valence-electron chi connectivity index (χ3n) is 6.40. The van der Waals surface area contributed by atoms with Gasteiger partial charge in [0.25, 0.3) is 0 Å². The molecule has 0 radical (unpaired) electrons. The molecule has 4 aliphatic rings. The average Bonchev–Trinajstić information content (AvgIpc) is 2.71. The first-order valence-electron chi connectivity index (χ1n) is 9.18. The minimum atomic E-state index is -0.191. The SMILES string of the molecule is CCc1cc(C(=O)OC23CCC4CC(CC(C4)C2)C3)ccc1N. The van der Waals surface area contributed by atoms with Crippen LogP contribution in [0.4, 0.5) is 5.69 Å². The highest BCUT2D eigenvalue weighted by atomic mass is 16.6. The Hall–Kier alpha value is -1.51. The number of nitrogens with two attached hydrogens (primary N) is 1. The highest BCUT2D eigenvalue weighted by molar-refractivity contribution is 5.90. The average molecular weight is 313 g/mol. The number of carbonyl (C=O) groups is 1. The first kappa shape index (κ1) is 15.0. The van der Waals surface area contributed by atoms with Gasteiger partial charge in [-0.25, -0.2) is 4.79 Å². The van der Waals surface area contributed by atoms with Crippen LogP contribution in [0.15, 0.2) is 18.2 Å². The van der Waals surface area contributed by atoms with Gasteiger partial charge >= 0.3 is 5.97 Å². The molecule has 0 spiro atoms. The standard InChI is InChI=1S/C20H27NO2/c1-2-16-10-17(3-4-18(16)21)19(22)23-20-6-5-13-7-14(11-20)9-15(8-13)12-20/h3-4,10,13-15H,2,5-9,11-12,21H2,1H3. The number of benzene rings is 1. The van der Waals surface area contributed by atoms with Crippen molar-refractivity contribution in [2.75, 3.05) is 5.73 Å². The van der Waals surface area contributed by atoms with E-state index >= 15 is 0 Å². The van der Waals surface area contributed by atoms with Crippen LogP contribution in [0.5, 0.6) is 0 Å². The van der Waals surface area contributed by atoms with Gasteiger partial charge in [-0.2, -0.15) is 0 Å². The van der Waals surface area contributed by atoms with Crippen LogP contribution in [-0.2, 0) is 11.2 Å². The smallest absolute Gasteiger partial charge is 0.338 e.